The summed E-state index contributed by atoms with van der Waals surface area (Å²) in [7, 11) is -3.99. The largest absolute Gasteiger partial charge is 0.402 e. The molecule has 0 bridgehead atoms. The molecule has 2 aliphatic rings. The molecule has 1 fully saturated rings. The first-order chi connectivity index (χ1) is 13.2. The average molecular weight is 418 g/mol. The standard InChI is InChI=1S/C16H21F3N6O2S/c17-16(18,19)8-24-28(26,27)7-10-1-3-11(4-2-10)13(25-20)14-12-5-6-21-15(12)23-9-22-14/h5-6,9-11,20-21,24H,1-4,7-8H2,(H,22,23)/b14-13-,25-20?/t10-,11-. The van der Waals surface area contributed by atoms with Crippen molar-refractivity contribution < 1.29 is 21.6 Å². The van der Waals surface area contributed by atoms with Crippen molar-refractivity contribution in [3.63, 3.8) is 0 Å². The molecule has 0 amide bonds. The summed E-state index contributed by atoms with van der Waals surface area (Å²) in [5, 5.41) is 6.74. The van der Waals surface area contributed by atoms with Crippen LogP contribution in [0.5, 0.6) is 0 Å². The van der Waals surface area contributed by atoms with E-state index >= 15 is 0 Å². The molecule has 0 saturated heterocycles. The third-order valence-corrected chi connectivity index (χ3v) is 6.45. The van der Waals surface area contributed by atoms with Crippen LogP contribution in [-0.2, 0) is 10.0 Å². The number of aromatic amines is 1. The second kappa shape index (κ2) is 8.03. The second-order valence-electron chi connectivity index (χ2n) is 6.95. The van der Waals surface area contributed by atoms with Crippen LogP contribution < -0.4 is 10.0 Å². The summed E-state index contributed by atoms with van der Waals surface area (Å²) < 4.78 is 62.0. The molecule has 3 rings (SSSR count). The van der Waals surface area contributed by atoms with Crippen LogP contribution in [0.3, 0.4) is 0 Å². The molecule has 1 saturated carbocycles. The van der Waals surface area contributed by atoms with Gasteiger partial charge in [0.1, 0.15) is 12.4 Å². The van der Waals surface area contributed by atoms with Crippen LogP contribution >= 0.6 is 0 Å². The quantitative estimate of drug-likeness (QED) is 0.530. The number of rotatable bonds is 6. The number of fused-ring (bicyclic) bond motifs is 1. The van der Waals surface area contributed by atoms with Crippen molar-refractivity contribution in [3.05, 3.63) is 23.5 Å². The average Bonchev–Trinajstić information content (AvgIpc) is 3.11. The molecule has 2 heterocycles. The van der Waals surface area contributed by atoms with Gasteiger partial charge in [-0.1, -0.05) is 0 Å². The minimum Gasteiger partial charge on any atom is -0.346 e. The number of H-pyrrole nitrogens is 1. The lowest BCUT2D eigenvalue weighted by molar-refractivity contribution is -0.121. The number of alkyl halides is 3. The molecule has 8 nitrogen and oxygen atoms in total. The van der Waals surface area contributed by atoms with Gasteiger partial charge in [0.05, 0.1) is 23.5 Å². The number of aromatic nitrogens is 1. The van der Waals surface area contributed by atoms with Crippen LogP contribution in [0.15, 0.2) is 28.1 Å². The zero-order valence-corrected chi connectivity index (χ0v) is 15.7. The van der Waals surface area contributed by atoms with E-state index < -0.39 is 22.7 Å². The van der Waals surface area contributed by atoms with Gasteiger partial charge < -0.3 is 10.3 Å². The van der Waals surface area contributed by atoms with Crippen LogP contribution in [0.25, 0.3) is 5.70 Å². The highest BCUT2D eigenvalue weighted by molar-refractivity contribution is 7.89. The molecule has 4 N–H and O–H groups in total. The molecule has 0 aromatic carbocycles. The Morgan fingerprint density at radius 2 is 2.04 bits per heavy atom. The number of halogens is 3. The maximum Gasteiger partial charge on any atom is 0.402 e. The predicted molar refractivity (Wildman–Crippen MR) is 97.4 cm³/mol. The third kappa shape index (κ3) is 4.98. The van der Waals surface area contributed by atoms with E-state index in [9.17, 15) is 21.6 Å². The fourth-order valence-electron chi connectivity index (χ4n) is 3.64. The molecule has 0 atom stereocenters. The first kappa shape index (κ1) is 20.5. The van der Waals surface area contributed by atoms with Crippen molar-refractivity contribution in [2.75, 3.05) is 12.3 Å². The Balaban J connectivity index is 1.63. The molecule has 1 aromatic rings. The van der Waals surface area contributed by atoms with Gasteiger partial charge in [0.15, 0.2) is 0 Å². The third-order valence-electron chi connectivity index (χ3n) is 4.95. The zero-order valence-electron chi connectivity index (χ0n) is 14.9. The van der Waals surface area contributed by atoms with Gasteiger partial charge in [-0.2, -0.15) is 18.3 Å². The number of allylic oxidation sites excluding steroid dienone is 1. The molecule has 154 valence electrons. The number of aliphatic imine (C=N–C) groups is 1. The Kier molecular flexibility index (Phi) is 5.89. The van der Waals surface area contributed by atoms with Gasteiger partial charge in [-0.3, -0.25) is 0 Å². The van der Waals surface area contributed by atoms with Gasteiger partial charge in [0.2, 0.25) is 10.0 Å². The van der Waals surface area contributed by atoms with Crippen molar-refractivity contribution in [2.45, 2.75) is 31.9 Å². The van der Waals surface area contributed by atoms with E-state index in [1.165, 1.54) is 6.34 Å². The summed E-state index contributed by atoms with van der Waals surface area (Å²) in [4.78, 5) is 7.17. The minimum absolute atomic E-state index is 0.0312. The van der Waals surface area contributed by atoms with Crippen molar-refractivity contribution in [2.24, 2.45) is 21.9 Å². The van der Waals surface area contributed by atoms with Gasteiger partial charge in [-0.25, -0.2) is 23.7 Å². The molecular formula is C16H21F3N6O2S. The van der Waals surface area contributed by atoms with Gasteiger partial charge >= 0.3 is 6.18 Å². The molecule has 0 radical (unpaired) electrons. The Morgan fingerprint density at radius 1 is 1.32 bits per heavy atom. The van der Waals surface area contributed by atoms with Crippen molar-refractivity contribution in [1.29, 1.82) is 5.53 Å². The first-order valence-corrected chi connectivity index (χ1v) is 10.5. The molecule has 1 aliphatic heterocycles. The van der Waals surface area contributed by atoms with Gasteiger partial charge in [-0.05, 0) is 37.7 Å². The van der Waals surface area contributed by atoms with E-state index in [1.807, 2.05) is 6.07 Å². The van der Waals surface area contributed by atoms with E-state index in [0.717, 1.165) is 5.56 Å². The second-order valence-corrected chi connectivity index (χ2v) is 8.80. The van der Waals surface area contributed by atoms with Crippen molar-refractivity contribution in [1.82, 2.24) is 15.0 Å². The first-order valence-electron chi connectivity index (χ1n) is 8.81. The lowest BCUT2D eigenvalue weighted by Crippen LogP contribution is -2.37. The zero-order chi connectivity index (χ0) is 20.4. The molecule has 0 unspecified atom stereocenters. The maximum absolute atomic E-state index is 12.2. The number of hydrogen-bond donors (Lipinski definition) is 4. The Morgan fingerprint density at radius 3 is 2.68 bits per heavy atom. The molecular weight excluding hydrogens is 397 g/mol. The van der Waals surface area contributed by atoms with Gasteiger partial charge in [0.25, 0.3) is 0 Å². The van der Waals surface area contributed by atoms with Crippen molar-refractivity contribution in [3.8, 4) is 0 Å². The van der Waals surface area contributed by atoms with Crippen LogP contribution in [0, 0.1) is 17.4 Å². The summed E-state index contributed by atoms with van der Waals surface area (Å²) in [5.41, 5.74) is 9.68. The summed E-state index contributed by atoms with van der Waals surface area (Å²) in [6.45, 7) is -1.55. The van der Waals surface area contributed by atoms with Crippen LogP contribution in [0.1, 0.15) is 31.2 Å². The summed E-state index contributed by atoms with van der Waals surface area (Å²) >= 11 is 0. The Bertz CT molecular complexity index is 882. The summed E-state index contributed by atoms with van der Waals surface area (Å²) in [5.74, 6) is 0.0940. The monoisotopic (exact) mass is 418 g/mol. The van der Waals surface area contributed by atoms with Crippen LogP contribution in [-0.4, -0.2) is 38.2 Å². The molecule has 12 heteroatoms. The Hall–Kier alpha value is -2.21. The summed E-state index contributed by atoms with van der Waals surface area (Å²) in [6, 6.07) is 1.84. The number of nitrogens with one attached hydrogen (secondary N) is 4. The lowest BCUT2D eigenvalue weighted by Gasteiger charge is -2.29. The fraction of sp³-hybridized carbons (Fsp3) is 0.562. The van der Waals surface area contributed by atoms with Gasteiger partial charge in [0, 0.05) is 17.7 Å². The van der Waals surface area contributed by atoms with E-state index in [4.69, 9.17) is 5.53 Å². The molecule has 1 aromatic heterocycles. The van der Waals surface area contributed by atoms with E-state index in [-0.39, 0.29) is 17.6 Å². The highest BCUT2D eigenvalue weighted by Crippen LogP contribution is 2.39. The van der Waals surface area contributed by atoms with Crippen LogP contribution in [0.4, 0.5) is 19.0 Å². The van der Waals surface area contributed by atoms with Crippen molar-refractivity contribution >= 4 is 27.9 Å². The summed E-state index contributed by atoms with van der Waals surface area (Å²) in [6.07, 6.45) is 0.986. The Labute approximate surface area is 160 Å². The number of hydrogen-bond acceptors (Lipinski definition) is 6. The van der Waals surface area contributed by atoms with E-state index in [2.05, 4.69) is 20.4 Å². The maximum atomic E-state index is 12.2. The highest BCUT2D eigenvalue weighted by Gasteiger charge is 2.33. The van der Waals surface area contributed by atoms with Crippen LogP contribution in [0.2, 0.25) is 0 Å². The highest BCUT2D eigenvalue weighted by atomic mass is 32.2. The topological polar surface area (TPSA) is 123 Å². The smallest absolute Gasteiger partial charge is 0.346 e. The molecule has 0 spiro atoms. The van der Waals surface area contributed by atoms with Gasteiger partial charge in [-0.15, -0.1) is 0 Å². The SMILES string of the molecule is N=N/C(=C1\NC=Nc2[nH]ccc21)[C@H]1CC[C@H](CS(=O)(=O)NCC(F)(F)F)CC1. The molecule has 28 heavy (non-hydrogen) atoms. The normalized spacial score (nSPS) is 24.4. The number of sulfonamides is 1. The van der Waals surface area contributed by atoms with E-state index in [0.29, 0.717) is 42.9 Å². The van der Waals surface area contributed by atoms with E-state index in [1.54, 1.807) is 10.9 Å². The molecule has 1 aliphatic carbocycles. The number of nitrogens with zero attached hydrogens (tertiary/aromatic N) is 2. The predicted octanol–water partition coefficient (Wildman–Crippen LogP) is 3.27. The fourth-order valence-corrected chi connectivity index (χ4v) is 5.09. The minimum atomic E-state index is -4.57. The lowest BCUT2D eigenvalue weighted by atomic mass is 9.80.